The molecule has 2 N–H and O–H groups in total. The van der Waals surface area contributed by atoms with Crippen molar-refractivity contribution in [3.05, 3.63) is 0 Å². The number of hydrogen-bond donors (Lipinski definition) is 2. The summed E-state index contributed by atoms with van der Waals surface area (Å²) < 4.78 is 0. The van der Waals surface area contributed by atoms with Crippen LogP contribution in [0.25, 0.3) is 0 Å². The van der Waals surface area contributed by atoms with Crippen molar-refractivity contribution in [2.75, 3.05) is 19.6 Å². The fraction of sp³-hybridized carbons (Fsp3) is 0.636. The lowest BCUT2D eigenvalue weighted by atomic mass is 10.3. The molecular weight excluding hydrogens is 208 g/mol. The molecule has 0 radical (unpaired) electrons. The van der Waals surface area contributed by atoms with E-state index in [0.29, 0.717) is 19.5 Å². The highest BCUT2D eigenvalue weighted by Crippen LogP contribution is 1.93. The molecule has 0 atom stereocenters. The molecule has 0 saturated carbocycles. The largest absolute Gasteiger partial charge is 0.481 e. The maximum atomic E-state index is 11.5. The summed E-state index contributed by atoms with van der Waals surface area (Å²) in [5.41, 5.74) is 0. The second-order valence-electron chi connectivity index (χ2n) is 3.35. The number of terminal acetylenes is 1. The van der Waals surface area contributed by atoms with Crippen molar-refractivity contribution in [3.8, 4) is 12.3 Å². The SMILES string of the molecule is C#CCN(CCC)C(=O)NCCCC(=O)O. The molecule has 0 bridgehead atoms. The minimum Gasteiger partial charge on any atom is -0.481 e. The molecule has 0 aliphatic rings. The third-order valence-corrected chi connectivity index (χ3v) is 1.91. The lowest BCUT2D eigenvalue weighted by Crippen LogP contribution is -2.41. The lowest BCUT2D eigenvalue weighted by molar-refractivity contribution is -0.137. The van der Waals surface area contributed by atoms with E-state index in [1.165, 1.54) is 4.90 Å². The molecular formula is C11H18N2O3. The van der Waals surface area contributed by atoms with Crippen LogP contribution in [0.5, 0.6) is 0 Å². The summed E-state index contributed by atoms with van der Waals surface area (Å²) in [5, 5.41) is 11.0. The maximum absolute atomic E-state index is 11.5. The van der Waals surface area contributed by atoms with Gasteiger partial charge in [-0.1, -0.05) is 12.8 Å². The van der Waals surface area contributed by atoms with Crippen molar-refractivity contribution >= 4 is 12.0 Å². The van der Waals surface area contributed by atoms with E-state index in [9.17, 15) is 9.59 Å². The highest BCUT2D eigenvalue weighted by molar-refractivity contribution is 5.74. The summed E-state index contributed by atoms with van der Waals surface area (Å²) in [6, 6.07) is -0.231. The average molecular weight is 226 g/mol. The summed E-state index contributed by atoms with van der Waals surface area (Å²) in [4.78, 5) is 23.3. The molecule has 0 rings (SSSR count). The van der Waals surface area contributed by atoms with E-state index in [1.54, 1.807) is 0 Å². The summed E-state index contributed by atoms with van der Waals surface area (Å²) >= 11 is 0. The molecule has 0 heterocycles. The van der Waals surface area contributed by atoms with Crippen molar-refractivity contribution in [1.29, 1.82) is 0 Å². The Morgan fingerprint density at radius 3 is 2.69 bits per heavy atom. The lowest BCUT2D eigenvalue weighted by Gasteiger charge is -2.19. The van der Waals surface area contributed by atoms with Gasteiger partial charge in [-0.25, -0.2) is 4.79 Å². The Bertz CT molecular complexity index is 271. The Kier molecular flexibility index (Phi) is 7.68. The number of rotatable bonds is 7. The predicted octanol–water partition coefficient (Wildman–Crippen LogP) is 0.906. The van der Waals surface area contributed by atoms with Crippen molar-refractivity contribution in [2.45, 2.75) is 26.2 Å². The molecule has 16 heavy (non-hydrogen) atoms. The predicted molar refractivity (Wildman–Crippen MR) is 61.0 cm³/mol. The Balaban J connectivity index is 3.83. The summed E-state index contributed by atoms with van der Waals surface area (Å²) in [6.07, 6.45) is 6.47. The molecule has 0 aromatic carbocycles. The van der Waals surface area contributed by atoms with Gasteiger partial charge in [0.05, 0.1) is 6.54 Å². The van der Waals surface area contributed by atoms with Crippen LogP contribution in [0.1, 0.15) is 26.2 Å². The zero-order valence-corrected chi connectivity index (χ0v) is 9.53. The molecule has 0 aromatic rings. The van der Waals surface area contributed by atoms with Gasteiger partial charge in [-0.2, -0.15) is 0 Å². The summed E-state index contributed by atoms with van der Waals surface area (Å²) in [6.45, 7) is 3.20. The standard InChI is InChI=1S/C11H18N2O3/c1-3-8-13(9-4-2)11(16)12-7-5-6-10(14)15/h1H,4-9H2,2H3,(H,12,16)(H,14,15). The zero-order valence-electron chi connectivity index (χ0n) is 9.53. The first kappa shape index (κ1) is 14.3. The molecule has 0 aliphatic carbocycles. The number of aliphatic carboxylic acids is 1. The molecule has 5 heteroatoms. The van der Waals surface area contributed by atoms with Crippen molar-refractivity contribution in [1.82, 2.24) is 10.2 Å². The van der Waals surface area contributed by atoms with E-state index >= 15 is 0 Å². The fourth-order valence-corrected chi connectivity index (χ4v) is 1.18. The fourth-order valence-electron chi connectivity index (χ4n) is 1.18. The number of urea groups is 1. The van der Waals surface area contributed by atoms with Crippen LogP contribution in [-0.2, 0) is 4.79 Å². The van der Waals surface area contributed by atoms with Gasteiger partial charge in [-0.15, -0.1) is 6.42 Å². The van der Waals surface area contributed by atoms with Crippen molar-refractivity contribution in [2.24, 2.45) is 0 Å². The molecule has 5 nitrogen and oxygen atoms in total. The normalized spacial score (nSPS) is 9.25. The molecule has 2 amide bonds. The number of carboxylic acid groups (broad SMARTS) is 1. The Morgan fingerprint density at radius 2 is 2.19 bits per heavy atom. The molecule has 0 aromatic heterocycles. The Hall–Kier alpha value is -1.70. The van der Waals surface area contributed by atoms with Crippen molar-refractivity contribution in [3.63, 3.8) is 0 Å². The minimum atomic E-state index is -0.858. The molecule has 0 aliphatic heterocycles. The third-order valence-electron chi connectivity index (χ3n) is 1.91. The number of amides is 2. The van der Waals surface area contributed by atoms with Gasteiger partial charge in [0.15, 0.2) is 0 Å². The van der Waals surface area contributed by atoms with Crippen LogP contribution in [0.3, 0.4) is 0 Å². The van der Waals surface area contributed by atoms with E-state index in [1.807, 2.05) is 6.92 Å². The first-order chi connectivity index (χ1) is 7.61. The molecule has 0 spiro atoms. The molecule has 0 fully saturated rings. The number of hydrogen-bond acceptors (Lipinski definition) is 2. The highest BCUT2D eigenvalue weighted by Gasteiger charge is 2.10. The molecule has 90 valence electrons. The quantitative estimate of drug-likeness (QED) is 0.500. The number of nitrogens with zero attached hydrogens (tertiary/aromatic N) is 1. The maximum Gasteiger partial charge on any atom is 0.318 e. The van der Waals surface area contributed by atoms with E-state index in [4.69, 9.17) is 11.5 Å². The summed E-state index contributed by atoms with van der Waals surface area (Å²) in [5.74, 6) is 1.56. The van der Waals surface area contributed by atoms with E-state index in [0.717, 1.165) is 6.42 Å². The van der Waals surface area contributed by atoms with Crippen molar-refractivity contribution < 1.29 is 14.7 Å². The Labute approximate surface area is 95.8 Å². The van der Waals surface area contributed by atoms with Crippen LogP contribution in [0.15, 0.2) is 0 Å². The number of carbonyl (C=O) groups is 2. The van der Waals surface area contributed by atoms with Gasteiger partial charge in [0.2, 0.25) is 0 Å². The number of carboxylic acids is 1. The first-order valence-corrected chi connectivity index (χ1v) is 5.29. The molecule has 0 unspecified atom stereocenters. The second-order valence-corrected chi connectivity index (χ2v) is 3.35. The van der Waals surface area contributed by atoms with E-state index in [2.05, 4.69) is 11.2 Å². The van der Waals surface area contributed by atoms with Crippen LogP contribution in [0.2, 0.25) is 0 Å². The van der Waals surface area contributed by atoms with E-state index < -0.39 is 5.97 Å². The molecule has 0 saturated heterocycles. The third kappa shape index (κ3) is 6.71. The smallest absolute Gasteiger partial charge is 0.318 e. The highest BCUT2D eigenvalue weighted by atomic mass is 16.4. The zero-order chi connectivity index (χ0) is 12.4. The van der Waals surface area contributed by atoms with Gasteiger partial charge in [-0.3, -0.25) is 4.79 Å². The minimum absolute atomic E-state index is 0.0587. The van der Waals surface area contributed by atoms with Crippen LogP contribution >= 0.6 is 0 Å². The monoisotopic (exact) mass is 226 g/mol. The van der Waals surface area contributed by atoms with Gasteiger partial charge in [0, 0.05) is 19.5 Å². The van der Waals surface area contributed by atoms with Gasteiger partial charge in [0.1, 0.15) is 0 Å². The van der Waals surface area contributed by atoms with Crippen LogP contribution in [0, 0.1) is 12.3 Å². The number of nitrogens with one attached hydrogen (secondary N) is 1. The van der Waals surface area contributed by atoms with Gasteiger partial charge < -0.3 is 15.3 Å². The topological polar surface area (TPSA) is 69.6 Å². The summed E-state index contributed by atoms with van der Waals surface area (Å²) in [7, 11) is 0. The van der Waals surface area contributed by atoms with E-state index in [-0.39, 0.29) is 19.0 Å². The van der Waals surface area contributed by atoms with Gasteiger partial charge >= 0.3 is 12.0 Å². The average Bonchev–Trinajstić information content (AvgIpc) is 2.23. The van der Waals surface area contributed by atoms with Gasteiger partial charge in [0.25, 0.3) is 0 Å². The van der Waals surface area contributed by atoms with Crippen LogP contribution in [-0.4, -0.2) is 41.6 Å². The Morgan fingerprint density at radius 1 is 1.50 bits per heavy atom. The first-order valence-electron chi connectivity index (χ1n) is 5.29. The van der Waals surface area contributed by atoms with Crippen LogP contribution < -0.4 is 5.32 Å². The second kappa shape index (κ2) is 8.60. The number of carbonyl (C=O) groups excluding carboxylic acids is 1. The van der Waals surface area contributed by atoms with Gasteiger partial charge in [-0.05, 0) is 12.8 Å². The van der Waals surface area contributed by atoms with Crippen LogP contribution in [0.4, 0.5) is 4.79 Å².